The number of carbonyl (C=O) groups excluding carboxylic acids is 1. The lowest BCUT2D eigenvalue weighted by molar-refractivity contribution is 0.0488. The van der Waals surface area contributed by atoms with Gasteiger partial charge in [-0.1, -0.05) is 6.08 Å². The van der Waals surface area contributed by atoms with Crippen molar-refractivity contribution in [3.8, 4) is 11.5 Å². The molecule has 1 aliphatic carbocycles. The van der Waals surface area contributed by atoms with E-state index in [2.05, 4.69) is 6.08 Å². The molecule has 0 atom stereocenters. The smallest absolute Gasteiger partial charge is 0.338 e. The van der Waals surface area contributed by atoms with Crippen LogP contribution in [-0.2, 0) is 9.47 Å². The summed E-state index contributed by atoms with van der Waals surface area (Å²) in [6, 6.07) is 3.51. The summed E-state index contributed by atoms with van der Waals surface area (Å²) in [5.41, 5.74) is 2.51. The summed E-state index contributed by atoms with van der Waals surface area (Å²) in [5, 5.41) is 0. The van der Waals surface area contributed by atoms with Gasteiger partial charge in [-0.05, 0) is 49.5 Å². The van der Waals surface area contributed by atoms with Gasteiger partial charge >= 0.3 is 5.97 Å². The number of ether oxygens (including phenoxy) is 4. The summed E-state index contributed by atoms with van der Waals surface area (Å²) in [5.74, 6) is 0.699. The molecule has 0 radical (unpaired) electrons. The van der Waals surface area contributed by atoms with Gasteiger partial charge in [0.05, 0.1) is 19.3 Å². The third kappa shape index (κ3) is 3.60. The van der Waals surface area contributed by atoms with E-state index in [9.17, 15) is 4.79 Å². The summed E-state index contributed by atoms with van der Waals surface area (Å²) in [6.45, 7) is 2.24. The maximum absolute atomic E-state index is 12.2. The minimum Gasteiger partial charge on any atom is -0.493 e. The van der Waals surface area contributed by atoms with Crippen molar-refractivity contribution in [3.63, 3.8) is 0 Å². The average Bonchev–Trinajstić information content (AvgIpc) is 3.06. The number of rotatable bonds is 7. The number of hydrogen-bond acceptors (Lipinski definition) is 5. The van der Waals surface area contributed by atoms with Crippen molar-refractivity contribution in [1.82, 2.24) is 0 Å². The Hall–Kier alpha value is -2.01. The number of hydrogen-bond donors (Lipinski definition) is 0. The van der Waals surface area contributed by atoms with Crippen LogP contribution in [0.2, 0.25) is 0 Å². The topological polar surface area (TPSA) is 54.0 Å². The molecule has 5 nitrogen and oxygen atoms in total. The minimum absolute atomic E-state index is 0.119. The molecule has 0 N–H and O–H groups in total. The standard InChI is InChI=1S/C17H22O5/c1-4-21-17(18)14-10-15(20-3)16(22-11-19-2)9-13(14)12-7-5-6-8-12/h7,9-10H,4-6,8,11H2,1-3H3. The Labute approximate surface area is 130 Å². The van der Waals surface area contributed by atoms with Crippen LogP contribution in [0.15, 0.2) is 18.2 Å². The first-order valence-electron chi connectivity index (χ1n) is 7.41. The number of methoxy groups -OCH3 is 2. The van der Waals surface area contributed by atoms with E-state index in [4.69, 9.17) is 18.9 Å². The van der Waals surface area contributed by atoms with Crippen molar-refractivity contribution in [3.05, 3.63) is 29.3 Å². The zero-order valence-corrected chi connectivity index (χ0v) is 13.3. The molecule has 0 fully saturated rings. The van der Waals surface area contributed by atoms with Crippen molar-refractivity contribution < 1.29 is 23.7 Å². The Morgan fingerprint density at radius 1 is 1.23 bits per heavy atom. The number of carbonyl (C=O) groups is 1. The molecular weight excluding hydrogens is 284 g/mol. The highest BCUT2D eigenvalue weighted by atomic mass is 16.7. The molecule has 2 rings (SSSR count). The van der Waals surface area contributed by atoms with Gasteiger partial charge in [0.25, 0.3) is 0 Å². The van der Waals surface area contributed by atoms with Crippen LogP contribution in [-0.4, -0.2) is 33.6 Å². The van der Waals surface area contributed by atoms with Gasteiger partial charge in [-0.25, -0.2) is 4.79 Å². The van der Waals surface area contributed by atoms with Crippen LogP contribution in [0.3, 0.4) is 0 Å². The fraction of sp³-hybridized carbons (Fsp3) is 0.471. The van der Waals surface area contributed by atoms with Crippen molar-refractivity contribution in [2.75, 3.05) is 27.6 Å². The van der Waals surface area contributed by atoms with E-state index >= 15 is 0 Å². The summed E-state index contributed by atoms with van der Waals surface area (Å²) >= 11 is 0. The van der Waals surface area contributed by atoms with Gasteiger partial charge in [-0.2, -0.15) is 0 Å². The van der Waals surface area contributed by atoms with E-state index < -0.39 is 0 Å². The van der Waals surface area contributed by atoms with E-state index in [1.807, 2.05) is 6.07 Å². The zero-order chi connectivity index (χ0) is 15.9. The monoisotopic (exact) mass is 306 g/mol. The van der Waals surface area contributed by atoms with Crippen LogP contribution in [0.25, 0.3) is 5.57 Å². The lowest BCUT2D eigenvalue weighted by atomic mass is 9.98. The molecule has 120 valence electrons. The van der Waals surface area contributed by atoms with Crippen LogP contribution in [0.1, 0.15) is 42.1 Å². The molecule has 5 heteroatoms. The van der Waals surface area contributed by atoms with Crippen molar-refractivity contribution in [1.29, 1.82) is 0 Å². The lowest BCUT2D eigenvalue weighted by Gasteiger charge is -2.16. The maximum Gasteiger partial charge on any atom is 0.338 e. The summed E-state index contributed by atoms with van der Waals surface area (Å²) in [7, 11) is 3.10. The molecular formula is C17H22O5. The third-order valence-corrected chi connectivity index (χ3v) is 3.52. The molecule has 1 aromatic rings. The number of benzene rings is 1. The first-order valence-corrected chi connectivity index (χ1v) is 7.41. The molecule has 0 saturated heterocycles. The molecule has 0 amide bonds. The zero-order valence-electron chi connectivity index (χ0n) is 13.3. The molecule has 0 spiro atoms. The van der Waals surface area contributed by atoms with Crippen molar-refractivity contribution >= 4 is 11.5 Å². The molecule has 0 aromatic heterocycles. The van der Waals surface area contributed by atoms with Gasteiger partial charge in [0.15, 0.2) is 18.3 Å². The summed E-state index contributed by atoms with van der Waals surface area (Å²) < 4.78 is 21.0. The minimum atomic E-state index is -0.345. The highest BCUT2D eigenvalue weighted by Gasteiger charge is 2.21. The average molecular weight is 306 g/mol. The maximum atomic E-state index is 12.2. The van der Waals surface area contributed by atoms with Gasteiger partial charge in [-0.3, -0.25) is 0 Å². The molecule has 1 aliphatic rings. The largest absolute Gasteiger partial charge is 0.493 e. The van der Waals surface area contributed by atoms with E-state index in [1.165, 1.54) is 0 Å². The molecule has 0 aliphatic heterocycles. The van der Waals surface area contributed by atoms with Gasteiger partial charge in [0.1, 0.15) is 0 Å². The van der Waals surface area contributed by atoms with E-state index in [0.717, 1.165) is 30.4 Å². The van der Waals surface area contributed by atoms with Crippen LogP contribution in [0.5, 0.6) is 11.5 Å². The van der Waals surface area contributed by atoms with Crippen LogP contribution in [0.4, 0.5) is 0 Å². The Kier molecular flexibility index (Phi) is 5.83. The predicted octanol–water partition coefficient (Wildman–Crippen LogP) is 3.42. The number of esters is 1. The van der Waals surface area contributed by atoms with Crippen LogP contribution < -0.4 is 9.47 Å². The Morgan fingerprint density at radius 3 is 2.64 bits per heavy atom. The molecule has 0 bridgehead atoms. The molecule has 22 heavy (non-hydrogen) atoms. The molecule has 0 unspecified atom stereocenters. The summed E-state index contributed by atoms with van der Waals surface area (Å²) in [4.78, 5) is 12.2. The second kappa shape index (κ2) is 7.84. The Morgan fingerprint density at radius 2 is 2.05 bits per heavy atom. The SMILES string of the molecule is CCOC(=O)c1cc(OC)c(OCOC)cc1C1=CCCC1. The van der Waals surface area contributed by atoms with Gasteiger partial charge in [0.2, 0.25) is 0 Å². The Balaban J connectivity index is 2.47. The quantitative estimate of drug-likeness (QED) is 0.570. The number of allylic oxidation sites excluding steroid dienone is 2. The first kappa shape index (κ1) is 16.4. The second-order valence-electron chi connectivity index (χ2n) is 4.94. The van der Waals surface area contributed by atoms with Gasteiger partial charge in [-0.15, -0.1) is 0 Å². The first-order chi connectivity index (χ1) is 10.7. The van der Waals surface area contributed by atoms with Crippen molar-refractivity contribution in [2.24, 2.45) is 0 Å². The third-order valence-electron chi connectivity index (χ3n) is 3.52. The molecule has 1 aromatic carbocycles. The fourth-order valence-electron chi connectivity index (χ4n) is 2.51. The van der Waals surface area contributed by atoms with Crippen molar-refractivity contribution in [2.45, 2.75) is 26.2 Å². The normalized spacial score (nSPS) is 13.7. The lowest BCUT2D eigenvalue weighted by Crippen LogP contribution is -2.10. The van der Waals surface area contributed by atoms with Crippen LogP contribution >= 0.6 is 0 Å². The van der Waals surface area contributed by atoms with Gasteiger partial charge in [0, 0.05) is 7.11 Å². The highest BCUT2D eigenvalue weighted by molar-refractivity contribution is 5.96. The van der Waals surface area contributed by atoms with E-state index in [1.54, 1.807) is 27.2 Å². The van der Waals surface area contributed by atoms with Gasteiger partial charge < -0.3 is 18.9 Å². The molecule has 0 heterocycles. The predicted molar refractivity (Wildman–Crippen MR) is 83.3 cm³/mol. The fourth-order valence-corrected chi connectivity index (χ4v) is 2.51. The highest BCUT2D eigenvalue weighted by Crippen LogP contribution is 2.37. The van der Waals surface area contributed by atoms with Crippen LogP contribution in [0, 0.1) is 0 Å². The summed E-state index contributed by atoms with van der Waals surface area (Å²) in [6.07, 6.45) is 5.23. The second-order valence-corrected chi connectivity index (χ2v) is 4.94. The Bertz CT molecular complexity index is 562. The molecule has 0 saturated carbocycles. The van der Waals surface area contributed by atoms with E-state index in [0.29, 0.717) is 23.7 Å². The van der Waals surface area contributed by atoms with E-state index in [-0.39, 0.29) is 12.8 Å².